The molecule has 0 unspecified atom stereocenters. The highest BCUT2D eigenvalue weighted by molar-refractivity contribution is 7.19. The zero-order chi connectivity index (χ0) is 13.4. The summed E-state index contributed by atoms with van der Waals surface area (Å²) in [7, 11) is 0. The maximum atomic E-state index is 11.8. The minimum absolute atomic E-state index is 0.220. The first-order valence-corrected chi connectivity index (χ1v) is 6.72. The third-order valence-corrected chi connectivity index (χ3v) is 3.81. The molecule has 2 N–H and O–H groups in total. The summed E-state index contributed by atoms with van der Waals surface area (Å²) >= 11 is 7.19. The van der Waals surface area contributed by atoms with E-state index in [4.69, 9.17) is 17.3 Å². The van der Waals surface area contributed by atoms with E-state index in [1.165, 1.54) is 21.9 Å². The Labute approximate surface area is 117 Å². The molecule has 0 aliphatic heterocycles. The zero-order valence-electron chi connectivity index (χ0n) is 9.71. The summed E-state index contributed by atoms with van der Waals surface area (Å²) in [4.78, 5) is 16.7. The molecule has 19 heavy (non-hydrogen) atoms. The number of nitrogens with two attached hydrogens (primary N) is 1. The standard InChI is InChI=1S/C12H9ClN4OS/c13-8-3-1-7(2-4-8)11-16-17-10(18)5-9(6-14)15-12(17)19-11/h1-5H,6,14H2. The Bertz CT molecular complexity index is 794. The van der Waals surface area contributed by atoms with Crippen LogP contribution in [-0.4, -0.2) is 14.6 Å². The number of rotatable bonds is 2. The van der Waals surface area contributed by atoms with E-state index < -0.39 is 0 Å². The van der Waals surface area contributed by atoms with Crippen LogP contribution in [0, 0.1) is 0 Å². The molecule has 0 radical (unpaired) electrons. The fourth-order valence-corrected chi connectivity index (χ4v) is 2.73. The van der Waals surface area contributed by atoms with Gasteiger partial charge in [0.2, 0.25) is 4.96 Å². The van der Waals surface area contributed by atoms with E-state index in [1.54, 1.807) is 12.1 Å². The highest BCUT2D eigenvalue weighted by atomic mass is 35.5. The molecule has 2 heterocycles. The molecule has 0 fully saturated rings. The number of fused-ring (bicyclic) bond motifs is 1. The van der Waals surface area contributed by atoms with Crippen LogP contribution in [0.4, 0.5) is 0 Å². The molecule has 3 rings (SSSR count). The van der Waals surface area contributed by atoms with Crippen molar-refractivity contribution in [1.29, 1.82) is 0 Å². The Morgan fingerprint density at radius 1 is 1.32 bits per heavy atom. The van der Waals surface area contributed by atoms with Crippen molar-refractivity contribution in [2.24, 2.45) is 5.73 Å². The fraction of sp³-hybridized carbons (Fsp3) is 0.0833. The van der Waals surface area contributed by atoms with E-state index in [1.807, 2.05) is 12.1 Å². The first-order valence-electron chi connectivity index (χ1n) is 5.53. The van der Waals surface area contributed by atoms with Gasteiger partial charge >= 0.3 is 0 Å². The number of aromatic nitrogens is 3. The average molecular weight is 293 g/mol. The van der Waals surface area contributed by atoms with Crippen LogP contribution < -0.4 is 11.3 Å². The van der Waals surface area contributed by atoms with Gasteiger partial charge in [0.05, 0.1) is 5.69 Å². The summed E-state index contributed by atoms with van der Waals surface area (Å²) < 4.78 is 1.29. The summed E-state index contributed by atoms with van der Waals surface area (Å²) in [5, 5.41) is 5.64. The lowest BCUT2D eigenvalue weighted by Gasteiger charge is -1.94. The van der Waals surface area contributed by atoms with Gasteiger partial charge in [-0.3, -0.25) is 4.79 Å². The van der Waals surface area contributed by atoms with E-state index >= 15 is 0 Å². The van der Waals surface area contributed by atoms with Crippen molar-refractivity contribution in [3.63, 3.8) is 0 Å². The Balaban J connectivity index is 2.18. The van der Waals surface area contributed by atoms with Crippen LogP contribution in [0.2, 0.25) is 5.02 Å². The molecule has 1 aromatic carbocycles. The van der Waals surface area contributed by atoms with Crippen molar-refractivity contribution in [1.82, 2.24) is 14.6 Å². The quantitative estimate of drug-likeness (QED) is 0.783. The van der Waals surface area contributed by atoms with E-state index in [9.17, 15) is 4.79 Å². The predicted molar refractivity (Wildman–Crippen MR) is 75.5 cm³/mol. The highest BCUT2D eigenvalue weighted by Gasteiger charge is 2.09. The third kappa shape index (κ3) is 2.25. The molecule has 2 aromatic heterocycles. The van der Waals surface area contributed by atoms with Crippen LogP contribution in [0.15, 0.2) is 35.1 Å². The number of halogens is 1. The molecule has 0 saturated heterocycles. The molecular weight excluding hydrogens is 284 g/mol. The lowest BCUT2D eigenvalue weighted by molar-refractivity contribution is 0.873. The second-order valence-electron chi connectivity index (χ2n) is 3.90. The third-order valence-electron chi connectivity index (χ3n) is 2.60. The maximum Gasteiger partial charge on any atom is 0.275 e. The molecule has 7 heteroatoms. The molecule has 3 aromatic rings. The first kappa shape index (κ1) is 12.3. The normalized spacial score (nSPS) is 11.1. The topological polar surface area (TPSA) is 73.3 Å². The van der Waals surface area contributed by atoms with Crippen molar-refractivity contribution in [2.75, 3.05) is 0 Å². The molecular formula is C12H9ClN4OS. The van der Waals surface area contributed by atoms with Crippen LogP contribution in [0.1, 0.15) is 5.69 Å². The number of nitrogens with zero attached hydrogens (tertiary/aromatic N) is 3. The van der Waals surface area contributed by atoms with E-state index in [0.717, 1.165) is 10.6 Å². The summed E-state index contributed by atoms with van der Waals surface area (Å²) in [5.41, 5.74) is 6.75. The van der Waals surface area contributed by atoms with Crippen LogP contribution in [0.25, 0.3) is 15.5 Å². The molecule has 96 valence electrons. The van der Waals surface area contributed by atoms with Crippen molar-refractivity contribution < 1.29 is 0 Å². The minimum atomic E-state index is -0.220. The Hall–Kier alpha value is -1.76. The van der Waals surface area contributed by atoms with Crippen LogP contribution in [0.3, 0.4) is 0 Å². The van der Waals surface area contributed by atoms with Gasteiger partial charge in [-0.15, -0.1) is 0 Å². The summed E-state index contributed by atoms with van der Waals surface area (Å²) in [6.07, 6.45) is 0. The lowest BCUT2D eigenvalue weighted by Crippen LogP contribution is -2.16. The Kier molecular flexibility index (Phi) is 3.06. The predicted octanol–water partition coefficient (Wildman–Crippen LogP) is 1.93. The smallest absolute Gasteiger partial charge is 0.275 e. The molecule has 0 saturated carbocycles. The molecule has 0 amide bonds. The Morgan fingerprint density at radius 2 is 2.05 bits per heavy atom. The van der Waals surface area contributed by atoms with E-state index in [-0.39, 0.29) is 12.1 Å². The van der Waals surface area contributed by atoms with Gasteiger partial charge in [-0.1, -0.05) is 35.1 Å². The van der Waals surface area contributed by atoms with Gasteiger partial charge in [-0.25, -0.2) is 4.98 Å². The number of benzene rings is 1. The highest BCUT2D eigenvalue weighted by Crippen LogP contribution is 2.25. The second-order valence-corrected chi connectivity index (χ2v) is 5.29. The SMILES string of the molecule is NCc1cc(=O)n2nc(-c3ccc(Cl)cc3)sc2n1. The summed E-state index contributed by atoms with van der Waals surface area (Å²) in [5.74, 6) is 0. The molecule has 5 nitrogen and oxygen atoms in total. The van der Waals surface area contributed by atoms with Crippen LogP contribution >= 0.6 is 22.9 Å². The van der Waals surface area contributed by atoms with Gasteiger partial charge in [-0.2, -0.15) is 9.61 Å². The fourth-order valence-electron chi connectivity index (χ4n) is 1.67. The second kappa shape index (κ2) is 4.73. The van der Waals surface area contributed by atoms with Crippen LogP contribution in [0.5, 0.6) is 0 Å². The van der Waals surface area contributed by atoms with Gasteiger partial charge < -0.3 is 5.73 Å². The van der Waals surface area contributed by atoms with E-state index in [0.29, 0.717) is 15.7 Å². The van der Waals surface area contributed by atoms with Gasteiger partial charge in [0.15, 0.2) is 0 Å². The lowest BCUT2D eigenvalue weighted by atomic mass is 10.2. The molecule has 0 spiro atoms. The Morgan fingerprint density at radius 3 is 2.74 bits per heavy atom. The monoisotopic (exact) mass is 292 g/mol. The van der Waals surface area contributed by atoms with Gasteiger partial charge in [-0.05, 0) is 12.1 Å². The van der Waals surface area contributed by atoms with Crippen LogP contribution in [-0.2, 0) is 6.54 Å². The zero-order valence-corrected chi connectivity index (χ0v) is 11.3. The largest absolute Gasteiger partial charge is 0.325 e. The van der Waals surface area contributed by atoms with Crippen molar-refractivity contribution in [3.05, 3.63) is 51.4 Å². The number of hydrogen-bond donors (Lipinski definition) is 1. The number of hydrogen-bond acceptors (Lipinski definition) is 5. The minimum Gasteiger partial charge on any atom is -0.325 e. The summed E-state index contributed by atoms with van der Waals surface area (Å²) in [6, 6.07) is 8.68. The molecule has 0 atom stereocenters. The van der Waals surface area contributed by atoms with E-state index in [2.05, 4.69) is 10.1 Å². The van der Waals surface area contributed by atoms with Crippen molar-refractivity contribution in [2.45, 2.75) is 6.54 Å². The van der Waals surface area contributed by atoms with Gasteiger partial charge in [0, 0.05) is 23.2 Å². The molecule has 0 aliphatic rings. The first-order chi connectivity index (χ1) is 9.17. The van der Waals surface area contributed by atoms with Crippen molar-refractivity contribution >= 4 is 27.9 Å². The van der Waals surface area contributed by atoms with Crippen molar-refractivity contribution in [3.8, 4) is 10.6 Å². The maximum absolute atomic E-state index is 11.8. The summed E-state index contributed by atoms with van der Waals surface area (Å²) in [6.45, 7) is 0.236. The molecule has 0 aliphatic carbocycles. The molecule has 0 bridgehead atoms. The average Bonchev–Trinajstić information content (AvgIpc) is 2.84. The van der Waals surface area contributed by atoms with Gasteiger partial charge in [0.1, 0.15) is 5.01 Å². The van der Waals surface area contributed by atoms with Gasteiger partial charge in [0.25, 0.3) is 5.56 Å².